The summed E-state index contributed by atoms with van der Waals surface area (Å²) in [5, 5.41) is 6.27. The standard InChI is InChI=1S/C13H23N3O2S2/c1-11(13-15-7-8-19-13)10-16-20(17,18)9-3-2-6-14-12-4-5-12/h7-8,11-12,14,16H,2-6,9-10H2,1H3. The Morgan fingerprint density at radius 1 is 1.45 bits per heavy atom. The molecule has 2 rings (SSSR count). The highest BCUT2D eigenvalue weighted by molar-refractivity contribution is 7.89. The first-order valence-corrected chi connectivity index (χ1v) is 9.70. The first-order chi connectivity index (χ1) is 9.57. The van der Waals surface area contributed by atoms with Gasteiger partial charge in [0, 0.05) is 30.1 Å². The molecule has 1 saturated carbocycles. The molecular formula is C13H23N3O2S2. The van der Waals surface area contributed by atoms with Crippen LogP contribution in [0.25, 0.3) is 0 Å². The van der Waals surface area contributed by atoms with Gasteiger partial charge in [-0.05, 0) is 32.2 Å². The van der Waals surface area contributed by atoms with Gasteiger partial charge in [-0.15, -0.1) is 11.3 Å². The van der Waals surface area contributed by atoms with Crippen molar-refractivity contribution in [2.24, 2.45) is 0 Å². The monoisotopic (exact) mass is 317 g/mol. The smallest absolute Gasteiger partial charge is 0.211 e. The molecule has 1 fully saturated rings. The number of hydrogen-bond acceptors (Lipinski definition) is 5. The van der Waals surface area contributed by atoms with Crippen LogP contribution in [0.5, 0.6) is 0 Å². The number of rotatable bonds is 10. The third-order valence-electron chi connectivity index (χ3n) is 3.33. The molecule has 1 aromatic heterocycles. The number of hydrogen-bond donors (Lipinski definition) is 2. The van der Waals surface area contributed by atoms with Gasteiger partial charge in [-0.25, -0.2) is 18.1 Å². The Kier molecular flexibility index (Phi) is 5.95. The molecular weight excluding hydrogens is 294 g/mol. The van der Waals surface area contributed by atoms with Crippen LogP contribution in [0.1, 0.15) is 43.5 Å². The lowest BCUT2D eigenvalue weighted by molar-refractivity contribution is 0.567. The molecule has 0 radical (unpaired) electrons. The second-order valence-corrected chi connectivity index (χ2v) is 8.23. The predicted molar refractivity (Wildman–Crippen MR) is 82.6 cm³/mol. The van der Waals surface area contributed by atoms with E-state index in [0.29, 0.717) is 19.0 Å². The van der Waals surface area contributed by atoms with E-state index in [2.05, 4.69) is 15.0 Å². The van der Waals surface area contributed by atoms with Gasteiger partial charge in [-0.2, -0.15) is 0 Å². The molecule has 1 unspecified atom stereocenters. The lowest BCUT2D eigenvalue weighted by atomic mass is 10.2. The number of thiazole rings is 1. The SMILES string of the molecule is CC(CNS(=O)(=O)CCCCNC1CC1)c1nccs1. The molecule has 0 aliphatic heterocycles. The predicted octanol–water partition coefficient (Wildman–Crippen LogP) is 1.70. The summed E-state index contributed by atoms with van der Waals surface area (Å²) < 4.78 is 26.4. The van der Waals surface area contributed by atoms with E-state index < -0.39 is 10.0 Å². The number of nitrogens with one attached hydrogen (secondary N) is 2. The lowest BCUT2D eigenvalue weighted by Crippen LogP contribution is -2.30. The average Bonchev–Trinajstić information content (AvgIpc) is 3.06. The summed E-state index contributed by atoms with van der Waals surface area (Å²) in [6, 6.07) is 0.698. The molecule has 0 aromatic carbocycles. The molecule has 1 aliphatic carbocycles. The summed E-state index contributed by atoms with van der Waals surface area (Å²) in [5.74, 6) is 0.338. The van der Waals surface area contributed by atoms with Crippen molar-refractivity contribution in [1.82, 2.24) is 15.0 Å². The van der Waals surface area contributed by atoms with Gasteiger partial charge in [0.15, 0.2) is 0 Å². The molecule has 1 heterocycles. The minimum absolute atomic E-state index is 0.126. The van der Waals surface area contributed by atoms with Crippen molar-refractivity contribution in [2.45, 2.75) is 44.6 Å². The molecule has 114 valence electrons. The van der Waals surface area contributed by atoms with Crippen LogP contribution in [0, 0.1) is 0 Å². The van der Waals surface area contributed by atoms with Crippen molar-refractivity contribution < 1.29 is 8.42 Å². The number of sulfonamides is 1. The van der Waals surface area contributed by atoms with Crippen LogP contribution < -0.4 is 10.0 Å². The minimum atomic E-state index is -3.15. The zero-order valence-corrected chi connectivity index (χ0v) is 13.5. The molecule has 0 spiro atoms. The molecule has 0 amide bonds. The van der Waals surface area contributed by atoms with Crippen molar-refractivity contribution >= 4 is 21.4 Å². The maximum atomic E-state index is 11.9. The Morgan fingerprint density at radius 2 is 2.25 bits per heavy atom. The summed E-state index contributed by atoms with van der Waals surface area (Å²) in [6.45, 7) is 3.34. The van der Waals surface area contributed by atoms with Gasteiger partial charge >= 0.3 is 0 Å². The third-order valence-corrected chi connectivity index (χ3v) is 5.77. The van der Waals surface area contributed by atoms with Gasteiger partial charge in [0.2, 0.25) is 10.0 Å². The van der Waals surface area contributed by atoms with Crippen molar-refractivity contribution in [2.75, 3.05) is 18.8 Å². The fourth-order valence-electron chi connectivity index (χ4n) is 1.90. The maximum Gasteiger partial charge on any atom is 0.211 e. The Morgan fingerprint density at radius 3 is 2.90 bits per heavy atom. The van der Waals surface area contributed by atoms with E-state index in [1.165, 1.54) is 12.8 Å². The molecule has 2 N–H and O–H groups in total. The summed E-state index contributed by atoms with van der Waals surface area (Å²) in [7, 11) is -3.15. The van der Waals surface area contributed by atoms with Crippen LogP contribution >= 0.6 is 11.3 Å². The molecule has 5 nitrogen and oxygen atoms in total. The molecule has 1 aliphatic rings. The molecule has 0 saturated heterocycles. The van der Waals surface area contributed by atoms with Crippen LogP contribution in [-0.2, 0) is 10.0 Å². The van der Waals surface area contributed by atoms with Crippen LogP contribution in [0.3, 0.4) is 0 Å². The van der Waals surface area contributed by atoms with Crippen molar-refractivity contribution in [3.63, 3.8) is 0 Å². The highest BCUT2D eigenvalue weighted by atomic mass is 32.2. The van der Waals surface area contributed by atoms with E-state index in [-0.39, 0.29) is 11.7 Å². The number of nitrogens with zero attached hydrogens (tertiary/aromatic N) is 1. The Balaban J connectivity index is 1.60. The van der Waals surface area contributed by atoms with Crippen LogP contribution in [0.4, 0.5) is 0 Å². The zero-order chi connectivity index (χ0) is 14.4. The number of aromatic nitrogens is 1. The fourth-order valence-corrected chi connectivity index (χ4v) is 3.83. The second kappa shape index (κ2) is 7.49. The second-order valence-electron chi connectivity index (χ2n) is 5.37. The van der Waals surface area contributed by atoms with Gasteiger partial charge in [0.05, 0.1) is 10.8 Å². The molecule has 1 atom stereocenters. The third kappa shape index (κ3) is 5.87. The summed E-state index contributed by atoms with van der Waals surface area (Å²) in [6.07, 6.45) is 5.92. The minimum Gasteiger partial charge on any atom is -0.314 e. The van der Waals surface area contributed by atoms with E-state index in [0.717, 1.165) is 18.0 Å². The van der Waals surface area contributed by atoms with Gasteiger partial charge in [-0.1, -0.05) is 6.92 Å². The number of unbranched alkanes of at least 4 members (excludes halogenated alkanes) is 1. The average molecular weight is 317 g/mol. The molecule has 1 aromatic rings. The molecule has 7 heteroatoms. The van der Waals surface area contributed by atoms with Crippen molar-refractivity contribution in [3.8, 4) is 0 Å². The van der Waals surface area contributed by atoms with Crippen molar-refractivity contribution in [1.29, 1.82) is 0 Å². The highest BCUT2D eigenvalue weighted by Gasteiger charge is 2.19. The summed E-state index contributed by atoms with van der Waals surface area (Å²) in [5.41, 5.74) is 0. The summed E-state index contributed by atoms with van der Waals surface area (Å²) in [4.78, 5) is 4.20. The Bertz CT molecular complexity index is 484. The quantitative estimate of drug-likeness (QED) is 0.644. The lowest BCUT2D eigenvalue weighted by Gasteiger charge is -2.10. The largest absolute Gasteiger partial charge is 0.314 e. The van der Waals surface area contributed by atoms with Gasteiger partial charge in [0.1, 0.15) is 0 Å². The van der Waals surface area contributed by atoms with Gasteiger partial charge in [-0.3, -0.25) is 0 Å². The topological polar surface area (TPSA) is 71.1 Å². The Hall–Kier alpha value is -0.500. The van der Waals surface area contributed by atoms with Crippen LogP contribution in [0.2, 0.25) is 0 Å². The highest BCUT2D eigenvalue weighted by Crippen LogP contribution is 2.18. The summed E-state index contributed by atoms with van der Waals surface area (Å²) >= 11 is 1.56. The van der Waals surface area contributed by atoms with E-state index in [9.17, 15) is 8.42 Å². The molecule has 0 bridgehead atoms. The van der Waals surface area contributed by atoms with E-state index in [1.807, 2.05) is 12.3 Å². The van der Waals surface area contributed by atoms with Crippen LogP contribution in [0.15, 0.2) is 11.6 Å². The molecule has 20 heavy (non-hydrogen) atoms. The van der Waals surface area contributed by atoms with Gasteiger partial charge < -0.3 is 5.32 Å². The van der Waals surface area contributed by atoms with Crippen molar-refractivity contribution in [3.05, 3.63) is 16.6 Å². The normalized spacial score (nSPS) is 17.2. The van der Waals surface area contributed by atoms with Gasteiger partial charge in [0.25, 0.3) is 0 Å². The Labute approximate surface area is 125 Å². The van der Waals surface area contributed by atoms with E-state index in [4.69, 9.17) is 0 Å². The fraction of sp³-hybridized carbons (Fsp3) is 0.769. The van der Waals surface area contributed by atoms with E-state index in [1.54, 1.807) is 17.5 Å². The van der Waals surface area contributed by atoms with Crippen LogP contribution in [-0.4, -0.2) is 38.3 Å². The van der Waals surface area contributed by atoms with E-state index >= 15 is 0 Å². The maximum absolute atomic E-state index is 11.9. The zero-order valence-electron chi connectivity index (χ0n) is 11.8. The first kappa shape index (κ1) is 15.9. The first-order valence-electron chi connectivity index (χ1n) is 7.17.